The number of anilines is 1. The number of nitriles is 1. The molecule has 0 fully saturated rings. The summed E-state index contributed by atoms with van der Waals surface area (Å²) in [6.45, 7) is 2.91. The molecule has 0 bridgehead atoms. The Morgan fingerprint density at radius 2 is 2.23 bits per heavy atom. The third kappa shape index (κ3) is 2.13. The quantitative estimate of drug-likeness (QED) is 0.724. The molecule has 13 heavy (non-hydrogen) atoms. The summed E-state index contributed by atoms with van der Waals surface area (Å²) >= 11 is 5.77. The fraction of sp³-hybridized carbons (Fsp3) is 0.300. The van der Waals surface area contributed by atoms with Crippen molar-refractivity contribution < 1.29 is 0 Å². The normalized spacial score (nSPS) is 9.38. The molecule has 0 saturated carbocycles. The lowest BCUT2D eigenvalue weighted by Crippen LogP contribution is -2.16. The third-order valence-electron chi connectivity index (χ3n) is 1.96. The van der Waals surface area contributed by atoms with E-state index in [1.54, 1.807) is 12.1 Å². The lowest BCUT2D eigenvalue weighted by atomic mass is 10.2. The van der Waals surface area contributed by atoms with Crippen molar-refractivity contribution in [3.63, 3.8) is 0 Å². The van der Waals surface area contributed by atoms with E-state index in [1.165, 1.54) is 0 Å². The summed E-state index contributed by atoms with van der Waals surface area (Å²) in [6.07, 6.45) is 0. The highest BCUT2D eigenvalue weighted by atomic mass is 35.5. The van der Waals surface area contributed by atoms with Gasteiger partial charge in [-0.1, -0.05) is 11.6 Å². The summed E-state index contributed by atoms with van der Waals surface area (Å²) in [5.74, 6) is 0. The Kier molecular flexibility index (Phi) is 3.16. The van der Waals surface area contributed by atoms with E-state index < -0.39 is 0 Å². The molecule has 2 nitrogen and oxygen atoms in total. The Hall–Kier alpha value is -1.20. The van der Waals surface area contributed by atoms with Crippen molar-refractivity contribution in [3.8, 4) is 6.07 Å². The first-order chi connectivity index (χ1) is 6.19. The molecule has 0 amide bonds. The van der Waals surface area contributed by atoms with Crippen molar-refractivity contribution >= 4 is 17.3 Å². The van der Waals surface area contributed by atoms with Crippen LogP contribution in [0, 0.1) is 11.3 Å². The van der Waals surface area contributed by atoms with Crippen LogP contribution in [0.1, 0.15) is 12.5 Å². The lowest BCUT2D eigenvalue weighted by molar-refractivity contribution is 0.965. The maximum atomic E-state index is 8.85. The number of hydrogen-bond acceptors (Lipinski definition) is 2. The van der Waals surface area contributed by atoms with Crippen LogP contribution in [0.15, 0.2) is 18.2 Å². The van der Waals surface area contributed by atoms with Gasteiger partial charge >= 0.3 is 0 Å². The summed E-state index contributed by atoms with van der Waals surface area (Å²) in [7, 11) is 1.95. The zero-order chi connectivity index (χ0) is 9.84. The van der Waals surface area contributed by atoms with Gasteiger partial charge in [0.1, 0.15) is 6.07 Å². The molecule has 3 heteroatoms. The molecule has 0 spiro atoms. The molecule has 0 radical (unpaired) electrons. The fourth-order valence-corrected chi connectivity index (χ4v) is 1.27. The first-order valence-corrected chi connectivity index (χ1v) is 4.47. The van der Waals surface area contributed by atoms with Crippen molar-refractivity contribution in [3.05, 3.63) is 28.8 Å². The monoisotopic (exact) mass is 194 g/mol. The molecular weight excluding hydrogens is 184 g/mol. The van der Waals surface area contributed by atoms with Crippen LogP contribution in [-0.4, -0.2) is 13.6 Å². The van der Waals surface area contributed by atoms with Gasteiger partial charge < -0.3 is 4.90 Å². The van der Waals surface area contributed by atoms with Gasteiger partial charge in [-0.2, -0.15) is 5.26 Å². The molecule has 0 aromatic heterocycles. The van der Waals surface area contributed by atoms with Gasteiger partial charge in [-0.05, 0) is 25.1 Å². The molecule has 0 aliphatic carbocycles. The van der Waals surface area contributed by atoms with E-state index in [1.807, 2.05) is 24.9 Å². The zero-order valence-corrected chi connectivity index (χ0v) is 8.47. The second-order valence-corrected chi connectivity index (χ2v) is 3.22. The first-order valence-electron chi connectivity index (χ1n) is 4.09. The van der Waals surface area contributed by atoms with Gasteiger partial charge in [0.2, 0.25) is 0 Å². The molecule has 1 rings (SSSR count). The number of rotatable bonds is 2. The minimum atomic E-state index is 0.602. The van der Waals surface area contributed by atoms with Crippen molar-refractivity contribution in [2.45, 2.75) is 6.92 Å². The Morgan fingerprint density at radius 1 is 1.54 bits per heavy atom. The molecule has 0 saturated heterocycles. The van der Waals surface area contributed by atoms with Gasteiger partial charge in [-0.3, -0.25) is 0 Å². The van der Waals surface area contributed by atoms with Crippen molar-refractivity contribution in [1.82, 2.24) is 0 Å². The minimum Gasteiger partial charge on any atom is -0.374 e. The molecule has 0 unspecified atom stereocenters. The van der Waals surface area contributed by atoms with Gasteiger partial charge in [0.15, 0.2) is 0 Å². The highest BCUT2D eigenvalue weighted by Crippen LogP contribution is 2.22. The van der Waals surface area contributed by atoms with E-state index in [-0.39, 0.29) is 0 Å². The van der Waals surface area contributed by atoms with Crippen LogP contribution >= 0.6 is 11.6 Å². The van der Waals surface area contributed by atoms with Crippen LogP contribution in [0.25, 0.3) is 0 Å². The molecule has 0 aliphatic rings. The van der Waals surface area contributed by atoms with Crippen LogP contribution in [0.3, 0.4) is 0 Å². The summed E-state index contributed by atoms with van der Waals surface area (Å²) in [6, 6.07) is 7.47. The molecule has 0 aliphatic heterocycles. The third-order valence-corrected chi connectivity index (χ3v) is 2.20. The number of benzene rings is 1. The Balaban J connectivity index is 3.15. The molecule has 0 atom stereocenters. The van der Waals surface area contributed by atoms with Gasteiger partial charge in [-0.15, -0.1) is 0 Å². The highest BCUT2D eigenvalue weighted by Gasteiger charge is 2.05. The Bertz CT molecular complexity index is 341. The highest BCUT2D eigenvalue weighted by molar-refractivity contribution is 6.30. The van der Waals surface area contributed by atoms with Crippen molar-refractivity contribution in [2.24, 2.45) is 0 Å². The topological polar surface area (TPSA) is 27.0 Å². The summed E-state index contributed by atoms with van der Waals surface area (Å²) in [5, 5.41) is 9.45. The smallest absolute Gasteiger partial charge is 0.101 e. The van der Waals surface area contributed by atoms with E-state index in [0.29, 0.717) is 10.6 Å². The molecule has 1 aromatic rings. The molecule has 1 aromatic carbocycles. The Morgan fingerprint density at radius 3 is 2.77 bits per heavy atom. The second kappa shape index (κ2) is 4.15. The average Bonchev–Trinajstić information content (AvgIpc) is 2.16. The molecule has 0 heterocycles. The maximum Gasteiger partial charge on any atom is 0.101 e. The van der Waals surface area contributed by atoms with Gasteiger partial charge in [0.25, 0.3) is 0 Å². The van der Waals surface area contributed by atoms with E-state index in [9.17, 15) is 0 Å². The minimum absolute atomic E-state index is 0.602. The lowest BCUT2D eigenvalue weighted by Gasteiger charge is -2.17. The number of nitrogens with zero attached hydrogens (tertiary/aromatic N) is 2. The zero-order valence-electron chi connectivity index (χ0n) is 7.71. The fourth-order valence-electron chi connectivity index (χ4n) is 1.10. The summed E-state index contributed by atoms with van der Waals surface area (Å²) < 4.78 is 0. The maximum absolute atomic E-state index is 8.85. The van der Waals surface area contributed by atoms with Gasteiger partial charge in [0, 0.05) is 18.6 Å². The van der Waals surface area contributed by atoms with Crippen LogP contribution in [0.5, 0.6) is 0 Å². The van der Waals surface area contributed by atoms with Crippen LogP contribution in [0.2, 0.25) is 5.02 Å². The predicted octanol–water partition coefficient (Wildman–Crippen LogP) is 2.67. The Labute approximate surface area is 83.3 Å². The first kappa shape index (κ1) is 9.88. The van der Waals surface area contributed by atoms with E-state index >= 15 is 0 Å². The van der Waals surface area contributed by atoms with Crippen molar-refractivity contribution in [2.75, 3.05) is 18.5 Å². The SMILES string of the molecule is CCN(C)c1ccc(Cl)cc1C#N. The predicted molar refractivity (Wildman–Crippen MR) is 55.1 cm³/mol. The summed E-state index contributed by atoms with van der Waals surface area (Å²) in [5.41, 5.74) is 1.55. The van der Waals surface area contributed by atoms with Crippen LogP contribution in [0.4, 0.5) is 5.69 Å². The van der Waals surface area contributed by atoms with Crippen LogP contribution in [-0.2, 0) is 0 Å². The van der Waals surface area contributed by atoms with E-state index in [4.69, 9.17) is 16.9 Å². The molecule has 68 valence electrons. The second-order valence-electron chi connectivity index (χ2n) is 2.79. The number of hydrogen-bond donors (Lipinski definition) is 0. The largest absolute Gasteiger partial charge is 0.374 e. The van der Waals surface area contributed by atoms with Crippen molar-refractivity contribution in [1.29, 1.82) is 5.26 Å². The van der Waals surface area contributed by atoms with Crippen LogP contribution < -0.4 is 4.90 Å². The standard InChI is InChI=1S/C10H11ClN2/c1-3-13(2)10-5-4-9(11)6-8(10)7-12/h4-6H,3H2,1-2H3. The molecular formula is C10H11ClN2. The summed E-state index contributed by atoms with van der Waals surface area (Å²) in [4.78, 5) is 2.01. The van der Waals surface area contributed by atoms with Gasteiger partial charge in [0.05, 0.1) is 11.3 Å². The van der Waals surface area contributed by atoms with E-state index in [0.717, 1.165) is 12.2 Å². The van der Waals surface area contributed by atoms with Gasteiger partial charge in [-0.25, -0.2) is 0 Å². The average molecular weight is 195 g/mol. The number of halogens is 1. The van der Waals surface area contributed by atoms with E-state index in [2.05, 4.69) is 6.07 Å². The molecule has 0 N–H and O–H groups in total.